The van der Waals surface area contributed by atoms with Crippen LogP contribution in [0.4, 0.5) is 8.78 Å². The van der Waals surface area contributed by atoms with Crippen molar-refractivity contribution >= 4 is 11.8 Å². The lowest BCUT2D eigenvalue weighted by Gasteiger charge is -2.17. The second kappa shape index (κ2) is 4.48. The number of carbonyl (C=O) groups is 2. The van der Waals surface area contributed by atoms with E-state index in [0.717, 1.165) is 12.1 Å². The Morgan fingerprint density at radius 3 is 2.50 bits per heavy atom. The van der Waals surface area contributed by atoms with Gasteiger partial charge >= 0.3 is 0 Å². The van der Waals surface area contributed by atoms with Gasteiger partial charge in [0.2, 0.25) is 11.8 Å². The number of benzene rings is 1. The molecule has 18 heavy (non-hydrogen) atoms. The van der Waals surface area contributed by atoms with Crippen molar-refractivity contribution in [2.75, 3.05) is 0 Å². The van der Waals surface area contributed by atoms with E-state index in [-0.39, 0.29) is 23.5 Å². The topological polar surface area (TPSA) is 46.2 Å². The zero-order valence-electron chi connectivity index (χ0n) is 10.1. The highest BCUT2D eigenvalue weighted by Crippen LogP contribution is 2.32. The Bertz CT molecular complexity index is 528. The molecule has 1 aromatic carbocycles. The predicted molar refractivity (Wildman–Crippen MR) is 60.8 cm³/mol. The molecule has 0 aromatic heterocycles. The van der Waals surface area contributed by atoms with Crippen LogP contribution in [0.5, 0.6) is 0 Å². The molecule has 0 radical (unpaired) electrons. The van der Waals surface area contributed by atoms with Crippen molar-refractivity contribution in [2.45, 2.75) is 26.2 Å². The second-order valence-corrected chi connectivity index (χ2v) is 4.63. The lowest BCUT2D eigenvalue weighted by atomic mass is 9.85. The molecule has 1 fully saturated rings. The van der Waals surface area contributed by atoms with Crippen LogP contribution in [0.25, 0.3) is 0 Å². The van der Waals surface area contributed by atoms with E-state index >= 15 is 0 Å². The first-order chi connectivity index (χ1) is 8.40. The Kier molecular flexibility index (Phi) is 3.15. The van der Waals surface area contributed by atoms with E-state index in [4.69, 9.17) is 0 Å². The number of aryl methyl sites for hydroxylation is 1. The smallest absolute Gasteiger partial charge is 0.230 e. The van der Waals surface area contributed by atoms with Crippen LogP contribution in [0.15, 0.2) is 12.1 Å². The van der Waals surface area contributed by atoms with Crippen LogP contribution >= 0.6 is 0 Å². The molecule has 0 spiro atoms. The fraction of sp³-hybridized carbons (Fsp3) is 0.385. The number of hydrogen-bond donors (Lipinski definition) is 1. The molecule has 1 aliphatic rings. The molecule has 2 atom stereocenters. The summed E-state index contributed by atoms with van der Waals surface area (Å²) < 4.78 is 27.2. The third-order valence-corrected chi connectivity index (χ3v) is 3.38. The van der Waals surface area contributed by atoms with E-state index in [2.05, 4.69) is 5.32 Å². The third-order valence-electron chi connectivity index (χ3n) is 3.38. The zero-order valence-corrected chi connectivity index (χ0v) is 10.1. The maximum atomic E-state index is 13.8. The van der Waals surface area contributed by atoms with Gasteiger partial charge in [0, 0.05) is 6.42 Å². The molecule has 1 N–H and O–H groups in total. The van der Waals surface area contributed by atoms with Gasteiger partial charge in [-0.1, -0.05) is 6.92 Å². The van der Waals surface area contributed by atoms with Crippen LogP contribution in [-0.2, 0) is 9.59 Å². The Morgan fingerprint density at radius 2 is 1.94 bits per heavy atom. The number of nitrogens with one attached hydrogen (secondary N) is 1. The van der Waals surface area contributed by atoms with Crippen molar-refractivity contribution < 1.29 is 18.4 Å². The van der Waals surface area contributed by atoms with E-state index < -0.39 is 29.4 Å². The molecule has 1 heterocycles. The van der Waals surface area contributed by atoms with E-state index in [1.54, 1.807) is 6.92 Å². The van der Waals surface area contributed by atoms with Gasteiger partial charge in [0.25, 0.3) is 0 Å². The molecule has 1 saturated heterocycles. The minimum atomic E-state index is -0.630. The highest BCUT2D eigenvalue weighted by atomic mass is 19.1. The lowest BCUT2D eigenvalue weighted by Crippen LogP contribution is -2.24. The van der Waals surface area contributed by atoms with Gasteiger partial charge in [-0.05, 0) is 36.1 Å². The van der Waals surface area contributed by atoms with Crippen LogP contribution in [0.2, 0.25) is 0 Å². The van der Waals surface area contributed by atoms with Crippen molar-refractivity contribution in [1.29, 1.82) is 0 Å². The first-order valence-corrected chi connectivity index (χ1v) is 5.69. The van der Waals surface area contributed by atoms with Gasteiger partial charge in [-0.2, -0.15) is 0 Å². The molecular formula is C13H13F2NO2. The van der Waals surface area contributed by atoms with Gasteiger partial charge < -0.3 is 0 Å². The molecule has 0 bridgehead atoms. The van der Waals surface area contributed by atoms with Gasteiger partial charge in [0.15, 0.2) is 0 Å². The highest BCUT2D eigenvalue weighted by molar-refractivity contribution is 6.03. The molecule has 2 rings (SSSR count). The van der Waals surface area contributed by atoms with Crippen LogP contribution in [0.3, 0.4) is 0 Å². The molecule has 1 aliphatic heterocycles. The minimum Gasteiger partial charge on any atom is -0.296 e. The predicted octanol–water partition coefficient (Wildman–Crippen LogP) is 2.04. The Labute approximate surface area is 103 Å². The summed E-state index contributed by atoms with van der Waals surface area (Å²) in [6.07, 6.45) is 0.0228. The molecule has 2 amide bonds. The molecule has 1 aromatic rings. The van der Waals surface area contributed by atoms with Crippen molar-refractivity contribution in [3.63, 3.8) is 0 Å². The van der Waals surface area contributed by atoms with Crippen LogP contribution in [-0.4, -0.2) is 11.8 Å². The third kappa shape index (κ3) is 2.12. The van der Waals surface area contributed by atoms with Crippen molar-refractivity contribution in [3.8, 4) is 0 Å². The van der Waals surface area contributed by atoms with Gasteiger partial charge in [-0.15, -0.1) is 0 Å². The SMILES string of the molecule is Cc1cc(F)c(C(C)C2CC(=O)NC2=O)cc1F. The summed E-state index contributed by atoms with van der Waals surface area (Å²) in [7, 11) is 0. The number of imide groups is 1. The second-order valence-electron chi connectivity index (χ2n) is 4.63. The summed E-state index contributed by atoms with van der Waals surface area (Å²) in [4.78, 5) is 22.6. The number of halogens is 2. The molecule has 2 unspecified atom stereocenters. The van der Waals surface area contributed by atoms with E-state index in [9.17, 15) is 18.4 Å². The Hall–Kier alpha value is -1.78. The highest BCUT2D eigenvalue weighted by Gasteiger charge is 2.36. The lowest BCUT2D eigenvalue weighted by molar-refractivity contribution is -0.126. The monoisotopic (exact) mass is 253 g/mol. The standard InChI is InChI=1S/C13H13F2NO2/c1-6-3-11(15)8(4-10(6)14)7(2)9-5-12(17)16-13(9)18/h3-4,7,9H,5H2,1-2H3,(H,16,17,18). The van der Waals surface area contributed by atoms with Crippen LogP contribution in [0, 0.1) is 24.5 Å². The average molecular weight is 253 g/mol. The van der Waals surface area contributed by atoms with Gasteiger partial charge in [-0.25, -0.2) is 8.78 Å². The number of amides is 2. The van der Waals surface area contributed by atoms with Gasteiger partial charge in [-0.3, -0.25) is 14.9 Å². The molecule has 3 nitrogen and oxygen atoms in total. The first kappa shape index (κ1) is 12.7. The van der Waals surface area contributed by atoms with Crippen LogP contribution < -0.4 is 5.32 Å². The van der Waals surface area contributed by atoms with Gasteiger partial charge in [0.1, 0.15) is 11.6 Å². The minimum absolute atomic E-state index is 0.0228. The van der Waals surface area contributed by atoms with Crippen molar-refractivity contribution in [3.05, 3.63) is 34.9 Å². The average Bonchev–Trinajstić information content (AvgIpc) is 2.62. The Morgan fingerprint density at radius 1 is 1.28 bits per heavy atom. The summed E-state index contributed by atoms with van der Waals surface area (Å²) in [5.74, 6) is -3.02. The summed E-state index contributed by atoms with van der Waals surface area (Å²) in [5.41, 5.74) is 0.350. The first-order valence-electron chi connectivity index (χ1n) is 5.69. The largest absolute Gasteiger partial charge is 0.296 e. The number of rotatable bonds is 2. The zero-order chi connectivity index (χ0) is 13.4. The number of carbonyl (C=O) groups excluding carboxylic acids is 2. The maximum absolute atomic E-state index is 13.8. The van der Waals surface area contributed by atoms with E-state index in [1.807, 2.05) is 0 Å². The normalized spacial score (nSPS) is 21.0. The van der Waals surface area contributed by atoms with Crippen molar-refractivity contribution in [2.24, 2.45) is 5.92 Å². The van der Waals surface area contributed by atoms with Crippen LogP contribution in [0.1, 0.15) is 30.4 Å². The Balaban J connectivity index is 2.34. The van der Waals surface area contributed by atoms with E-state index in [1.165, 1.54) is 6.92 Å². The molecular weight excluding hydrogens is 240 g/mol. The van der Waals surface area contributed by atoms with Crippen molar-refractivity contribution in [1.82, 2.24) is 5.32 Å². The fourth-order valence-corrected chi connectivity index (χ4v) is 2.20. The molecule has 0 aliphatic carbocycles. The summed E-state index contributed by atoms with van der Waals surface area (Å²) in [5, 5.41) is 2.17. The summed E-state index contributed by atoms with van der Waals surface area (Å²) in [6.45, 7) is 3.09. The maximum Gasteiger partial charge on any atom is 0.230 e. The quantitative estimate of drug-likeness (QED) is 0.820. The number of hydrogen-bond acceptors (Lipinski definition) is 2. The summed E-state index contributed by atoms with van der Waals surface area (Å²) in [6, 6.07) is 2.21. The molecule has 96 valence electrons. The summed E-state index contributed by atoms with van der Waals surface area (Å²) >= 11 is 0. The van der Waals surface area contributed by atoms with Gasteiger partial charge in [0.05, 0.1) is 5.92 Å². The fourth-order valence-electron chi connectivity index (χ4n) is 2.20. The van der Waals surface area contributed by atoms with E-state index in [0.29, 0.717) is 0 Å². The molecule has 0 saturated carbocycles. The molecule has 5 heteroatoms.